The summed E-state index contributed by atoms with van der Waals surface area (Å²) in [6.07, 6.45) is 3.55. The second-order valence-corrected chi connectivity index (χ2v) is 5.04. The highest BCUT2D eigenvalue weighted by molar-refractivity contribution is 4.90. The van der Waals surface area contributed by atoms with Crippen LogP contribution in [0.25, 0.3) is 0 Å². The van der Waals surface area contributed by atoms with E-state index in [1.165, 1.54) is 0 Å². The molecule has 0 saturated carbocycles. The molecule has 0 aliphatic carbocycles. The van der Waals surface area contributed by atoms with Crippen LogP contribution in [0.2, 0.25) is 0 Å². The topological polar surface area (TPSA) is 47.9 Å². The van der Waals surface area contributed by atoms with Gasteiger partial charge in [0, 0.05) is 26.7 Å². The Morgan fingerprint density at radius 1 is 1.50 bits per heavy atom. The number of rotatable bonds is 4. The highest BCUT2D eigenvalue weighted by Gasteiger charge is 2.41. The van der Waals surface area contributed by atoms with Crippen molar-refractivity contribution in [3.05, 3.63) is 0 Å². The fourth-order valence-electron chi connectivity index (χ4n) is 2.84. The smallest absolute Gasteiger partial charge is 0.0939 e. The van der Waals surface area contributed by atoms with Crippen LogP contribution in [0.1, 0.15) is 25.7 Å². The Morgan fingerprint density at radius 2 is 2.38 bits per heavy atom. The summed E-state index contributed by atoms with van der Waals surface area (Å²) < 4.78 is 16.2. The Kier molecular flexibility index (Phi) is 4.19. The summed E-state index contributed by atoms with van der Waals surface area (Å²) in [5.41, 5.74) is -0.0459. The van der Waals surface area contributed by atoms with Gasteiger partial charge in [0.1, 0.15) is 0 Å². The van der Waals surface area contributed by atoms with Crippen LogP contribution in [0, 0.1) is 5.92 Å². The molecule has 0 aromatic rings. The van der Waals surface area contributed by atoms with E-state index >= 15 is 0 Å². The maximum Gasteiger partial charge on any atom is 0.0939 e. The molecule has 0 radical (unpaired) electrons. The van der Waals surface area contributed by atoms with Gasteiger partial charge in [0.25, 0.3) is 0 Å². The molecule has 16 heavy (non-hydrogen) atoms. The second kappa shape index (κ2) is 5.45. The van der Waals surface area contributed by atoms with E-state index in [0.717, 1.165) is 45.5 Å². The van der Waals surface area contributed by atoms with E-state index in [1.807, 2.05) is 0 Å². The summed E-state index contributed by atoms with van der Waals surface area (Å²) in [7, 11) is 1.62. The minimum atomic E-state index is -0.340. The molecule has 2 aliphatic heterocycles. The molecule has 2 fully saturated rings. The van der Waals surface area contributed by atoms with E-state index in [9.17, 15) is 5.11 Å². The average Bonchev–Trinajstić information content (AvgIpc) is 2.66. The van der Waals surface area contributed by atoms with Crippen LogP contribution < -0.4 is 0 Å². The van der Waals surface area contributed by atoms with Crippen molar-refractivity contribution in [1.29, 1.82) is 0 Å². The van der Waals surface area contributed by atoms with Crippen molar-refractivity contribution in [3.8, 4) is 0 Å². The zero-order valence-corrected chi connectivity index (χ0v) is 9.98. The molecule has 3 unspecified atom stereocenters. The van der Waals surface area contributed by atoms with Gasteiger partial charge in [0.15, 0.2) is 0 Å². The molecular weight excluding hydrogens is 208 g/mol. The van der Waals surface area contributed by atoms with Crippen LogP contribution in [-0.4, -0.2) is 50.3 Å². The molecule has 0 amide bonds. The lowest BCUT2D eigenvalue weighted by Gasteiger charge is -2.37. The molecule has 2 heterocycles. The minimum Gasteiger partial charge on any atom is -0.391 e. The van der Waals surface area contributed by atoms with Crippen molar-refractivity contribution < 1.29 is 19.3 Å². The number of hydrogen-bond acceptors (Lipinski definition) is 4. The lowest BCUT2D eigenvalue weighted by atomic mass is 9.82. The first-order valence-corrected chi connectivity index (χ1v) is 6.13. The zero-order valence-electron chi connectivity index (χ0n) is 9.98. The summed E-state index contributed by atoms with van der Waals surface area (Å²) >= 11 is 0. The Balaban J connectivity index is 1.82. The lowest BCUT2D eigenvalue weighted by molar-refractivity contribution is -0.105. The quantitative estimate of drug-likeness (QED) is 0.782. The van der Waals surface area contributed by atoms with E-state index in [4.69, 9.17) is 14.2 Å². The number of hydrogen-bond donors (Lipinski definition) is 1. The van der Waals surface area contributed by atoms with Gasteiger partial charge >= 0.3 is 0 Å². The van der Waals surface area contributed by atoms with Crippen LogP contribution in [0.4, 0.5) is 0 Å². The van der Waals surface area contributed by atoms with Crippen molar-refractivity contribution >= 4 is 0 Å². The molecule has 4 nitrogen and oxygen atoms in total. The third-order valence-electron chi connectivity index (χ3n) is 3.63. The Labute approximate surface area is 96.9 Å². The van der Waals surface area contributed by atoms with E-state index in [-0.39, 0.29) is 11.7 Å². The Hall–Kier alpha value is -0.160. The van der Waals surface area contributed by atoms with Gasteiger partial charge in [-0.2, -0.15) is 0 Å². The Morgan fingerprint density at radius 3 is 3.06 bits per heavy atom. The summed E-state index contributed by atoms with van der Waals surface area (Å²) in [5.74, 6) is 0.542. The predicted octanol–water partition coefficient (Wildman–Crippen LogP) is 0.969. The second-order valence-electron chi connectivity index (χ2n) is 5.04. The maximum absolute atomic E-state index is 9.74. The summed E-state index contributed by atoms with van der Waals surface area (Å²) in [5, 5.41) is 9.74. The molecular formula is C12H22O4. The SMILES string of the molecule is COCC(O)CC1CCOC2(CCOC2)C1. The van der Waals surface area contributed by atoms with Crippen molar-refractivity contribution in [2.24, 2.45) is 5.92 Å². The molecule has 3 atom stereocenters. The predicted molar refractivity (Wildman–Crippen MR) is 59.3 cm³/mol. The molecule has 1 spiro atoms. The van der Waals surface area contributed by atoms with Crippen molar-refractivity contribution in [1.82, 2.24) is 0 Å². The van der Waals surface area contributed by atoms with Crippen LogP contribution >= 0.6 is 0 Å². The van der Waals surface area contributed by atoms with Crippen molar-refractivity contribution in [2.45, 2.75) is 37.4 Å². The standard InChI is InChI=1S/C12H22O4/c1-14-8-11(13)6-10-2-4-16-12(7-10)3-5-15-9-12/h10-11,13H,2-9H2,1H3. The van der Waals surface area contributed by atoms with Gasteiger partial charge in [0.05, 0.1) is 24.9 Å². The number of aliphatic hydroxyl groups excluding tert-OH is 1. The van der Waals surface area contributed by atoms with Gasteiger partial charge in [-0.25, -0.2) is 0 Å². The fraction of sp³-hybridized carbons (Fsp3) is 1.00. The monoisotopic (exact) mass is 230 g/mol. The third kappa shape index (κ3) is 2.94. The molecule has 4 heteroatoms. The highest BCUT2D eigenvalue weighted by atomic mass is 16.6. The summed E-state index contributed by atoms with van der Waals surface area (Å²) in [6, 6.07) is 0. The van der Waals surface area contributed by atoms with Crippen molar-refractivity contribution in [3.63, 3.8) is 0 Å². The van der Waals surface area contributed by atoms with Crippen LogP contribution in [0.15, 0.2) is 0 Å². The van der Waals surface area contributed by atoms with Gasteiger partial charge in [-0.15, -0.1) is 0 Å². The number of methoxy groups -OCH3 is 1. The van der Waals surface area contributed by atoms with E-state index in [2.05, 4.69) is 0 Å². The number of aliphatic hydroxyl groups is 1. The van der Waals surface area contributed by atoms with Crippen LogP contribution in [0.3, 0.4) is 0 Å². The summed E-state index contributed by atoms with van der Waals surface area (Å²) in [6.45, 7) is 2.77. The molecule has 2 aliphatic rings. The first-order chi connectivity index (χ1) is 7.74. The van der Waals surface area contributed by atoms with Gasteiger partial charge in [-0.1, -0.05) is 0 Å². The molecule has 1 N–H and O–H groups in total. The third-order valence-corrected chi connectivity index (χ3v) is 3.63. The van der Waals surface area contributed by atoms with E-state index < -0.39 is 0 Å². The number of ether oxygens (including phenoxy) is 3. The normalized spacial score (nSPS) is 36.8. The van der Waals surface area contributed by atoms with Gasteiger partial charge in [-0.05, 0) is 25.2 Å². The molecule has 0 aromatic heterocycles. The molecule has 94 valence electrons. The molecule has 2 saturated heterocycles. The zero-order chi connectivity index (χ0) is 11.4. The molecule has 0 bridgehead atoms. The molecule has 2 rings (SSSR count). The van der Waals surface area contributed by atoms with Crippen molar-refractivity contribution in [2.75, 3.05) is 33.5 Å². The van der Waals surface area contributed by atoms with Gasteiger partial charge in [-0.3, -0.25) is 0 Å². The average molecular weight is 230 g/mol. The fourth-order valence-corrected chi connectivity index (χ4v) is 2.84. The maximum atomic E-state index is 9.74. The molecule has 0 aromatic carbocycles. The van der Waals surface area contributed by atoms with E-state index in [0.29, 0.717) is 12.5 Å². The highest BCUT2D eigenvalue weighted by Crippen LogP contribution is 2.37. The first-order valence-electron chi connectivity index (χ1n) is 6.13. The minimum absolute atomic E-state index is 0.0459. The van der Waals surface area contributed by atoms with Gasteiger partial charge in [0.2, 0.25) is 0 Å². The van der Waals surface area contributed by atoms with E-state index in [1.54, 1.807) is 7.11 Å². The largest absolute Gasteiger partial charge is 0.391 e. The van der Waals surface area contributed by atoms with Crippen LogP contribution in [0.5, 0.6) is 0 Å². The summed E-state index contributed by atoms with van der Waals surface area (Å²) in [4.78, 5) is 0. The lowest BCUT2D eigenvalue weighted by Crippen LogP contribution is -2.41. The Bertz CT molecular complexity index is 213. The van der Waals surface area contributed by atoms with Crippen LogP contribution in [-0.2, 0) is 14.2 Å². The first kappa shape index (κ1) is 12.3. The van der Waals surface area contributed by atoms with Gasteiger partial charge < -0.3 is 19.3 Å².